The van der Waals surface area contributed by atoms with E-state index in [4.69, 9.17) is 0 Å². The van der Waals surface area contributed by atoms with Gasteiger partial charge in [0.15, 0.2) is 11.0 Å². The lowest BCUT2D eigenvalue weighted by atomic mass is 10.1. The number of rotatable bonds is 8. The van der Waals surface area contributed by atoms with Crippen LogP contribution in [0.1, 0.15) is 16.7 Å². The molecule has 4 rings (SSSR count). The molecule has 7 heteroatoms. The molecule has 162 valence electrons. The standard InChI is InChI=1S/C25H25N5OS/c1-18-8-9-22(16-19(18)2)30-24(21-11-13-26-14-12-21)28-29-25(30)32-17-23(31)27-15-10-20-6-4-3-5-7-20/h3-9,11-14,16H,10,15,17H2,1-2H3,(H,27,31). The first-order valence-corrected chi connectivity index (χ1v) is 11.5. The second kappa shape index (κ2) is 10.2. The van der Waals surface area contributed by atoms with Crippen LogP contribution < -0.4 is 5.32 Å². The van der Waals surface area contributed by atoms with Crippen molar-refractivity contribution in [2.45, 2.75) is 25.4 Å². The number of aromatic nitrogens is 4. The Labute approximate surface area is 192 Å². The first-order chi connectivity index (χ1) is 15.6. The quantitative estimate of drug-likeness (QED) is 0.409. The average Bonchev–Trinajstić information content (AvgIpc) is 3.25. The van der Waals surface area contributed by atoms with Gasteiger partial charge in [-0.15, -0.1) is 10.2 Å². The summed E-state index contributed by atoms with van der Waals surface area (Å²) in [7, 11) is 0. The number of benzene rings is 2. The van der Waals surface area contributed by atoms with Crippen LogP contribution in [0.25, 0.3) is 17.1 Å². The first kappa shape index (κ1) is 21.8. The van der Waals surface area contributed by atoms with Crippen molar-refractivity contribution >= 4 is 17.7 Å². The minimum atomic E-state index is -0.0222. The van der Waals surface area contributed by atoms with Crippen LogP contribution in [0, 0.1) is 13.8 Å². The molecule has 1 N–H and O–H groups in total. The predicted molar refractivity (Wildman–Crippen MR) is 128 cm³/mol. The molecule has 0 bridgehead atoms. The van der Waals surface area contributed by atoms with Crippen LogP contribution >= 0.6 is 11.8 Å². The van der Waals surface area contributed by atoms with E-state index in [0.29, 0.717) is 11.7 Å². The molecule has 0 spiro atoms. The van der Waals surface area contributed by atoms with Crippen LogP contribution in [-0.2, 0) is 11.2 Å². The van der Waals surface area contributed by atoms with Gasteiger partial charge in [0.2, 0.25) is 5.91 Å². The highest BCUT2D eigenvalue weighted by Gasteiger charge is 2.17. The van der Waals surface area contributed by atoms with Crippen molar-refractivity contribution in [1.29, 1.82) is 0 Å². The molecule has 0 atom stereocenters. The molecular formula is C25H25N5OS. The molecule has 0 saturated heterocycles. The molecule has 0 aliphatic carbocycles. The van der Waals surface area contributed by atoms with Crippen LogP contribution in [0.3, 0.4) is 0 Å². The number of carbonyl (C=O) groups is 1. The van der Waals surface area contributed by atoms with Crippen molar-refractivity contribution < 1.29 is 4.79 Å². The number of amides is 1. The van der Waals surface area contributed by atoms with Crippen LogP contribution in [0.15, 0.2) is 78.2 Å². The van der Waals surface area contributed by atoms with Crippen molar-refractivity contribution in [3.05, 3.63) is 89.7 Å². The second-order valence-corrected chi connectivity index (χ2v) is 8.46. The molecular weight excluding hydrogens is 418 g/mol. The van der Waals surface area contributed by atoms with Gasteiger partial charge in [0.25, 0.3) is 0 Å². The molecule has 0 aliphatic heterocycles. The SMILES string of the molecule is Cc1ccc(-n2c(SCC(=O)NCCc3ccccc3)nnc2-c2ccncc2)cc1C. The predicted octanol–water partition coefficient (Wildman–Crippen LogP) is 4.40. The smallest absolute Gasteiger partial charge is 0.230 e. The van der Waals surface area contributed by atoms with Gasteiger partial charge in [-0.1, -0.05) is 48.2 Å². The van der Waals surface area contributed by atoms with E-state index < -0.39 is 0 Å². The highest BCUT2D eigenvalue weighted by atomic mass is 32.2. The summed E-state index contributed by atoms with van der Waals surface area (Å²) in [4.78, 5) is 16.5. The van der Waals surface area contributed by atoms with E-state index in [1.54, 1.807) is 12.4 Å². The summed E-state index contributed by atoms with van der Waals surface area (Å²) in [6.07, 6.45) is 4.28. The molecule has 4 aromatic rings. The third kappa shape index (κ3) is 5.23. The molecule has 0 unspecified atom stereocenters. The zero-order valence-corrected chi connectivity index (χ0v) is 19.0. The van der Waals surface area contributed by atoms with Gasteiger partial charge in [-0.3, -0.25) is 14.3 Å². The molecule has 2 heterocycles. The van der Waals surface area contributed by atoms with Gasteiger partial charge in [0.05, 0.1) is 11.4 Å². The number of nitrogens with zero attached hydrogens (tertiary/aromatic N) is 4. The lowest BCUT2D eigenvalue weighted by Gasteiger charge is -2.12. The van der Waals surface area contributed by atoms with E-state index in [1.807, 2.05) is 34.9 Å². The monoisotopic (exact) mass is 443 g/mol. The van der Waals surface area contributed by atoms with Crippen molar-refractivity contribution in [3.63, 3.8) is 0 Å². The number of hydrogen-bond donors (Lipinski definition) is 1. The van der Waals surface area contributed by atoms with Crippen molar-refractivity contribution in [2.24, 2.45) is 0 Å². The fraction of sp³-hybridized carbons (Fsp3) is 0.200. The van der Waals surface area contributed by atoms with Crippen LogP contribution in [0.2, 0.25) is 0 Å². The van der Waals surface area contributed by atoms with E-state index in [2.05, 4.69) is 64.7 Å². The Morgan fingerprint density at radius 2 is 1.75 bits per heavy atom. The Morgan fingerprint density at radius 1 is 0.969 bits per heavy atom. The highest BCUT2D eigenvalue weighted by molar-refractivity contribution is 7.99. The summed E-state index contributed by atoms with van der Waals surface area (Å²) >= 11 is 1.38. The van der Waals surface area contributed by atoms with Gasteiger partial charge in [0.1, 0.15) is 0 Å². The van der Waals surface area contributed by atoms with Gasteiger partial charge in [-0.25, -0.2) is 0 Å². The number of hydrogen-bond acceptors (Lipinski definition) is 5. The molecule has 2 aromatic heterocycles. The van der Waals surface area contributed by atoms with Gasteiger partial charge < -0.3 is 5.32 Å². The molecule has 2 aromatic carbocycles. The number of thioether (sulfide) groups is 1. The third-order valence-electron chi connectivity index (χ3n) is 5.23. The highest BCUT2D eigenvalue weighted by Crippen LogP contribution is 2.28. The topological polar surface area (TPSA) is 72.7 Å². The lowest BCUT2D eigenvalue weighted by Crippen LogP contribution is -2.27. The summed E-state index contributed by atoms with van der Waals surface area (Å²) in [5.41, 5.74) is 5.50. The van der Waals surface area contributed by atoms with E-state index in [9.17, 15) is 4.79 Å². The number of nitrogens with one attached hydrogen (secondary N) is 1. The average molecular weight is 444 g/mol. The maximum Gasteiger partial charge on any atom is 0.230 e. The first-order valence-electron chi connectivity index (χ1n) is 10.5. The summed E-state index contributed by atoms with van der Waals surface area (Å²) < 4.78 is 2.00. The number of aryl methyl sites for hydroxylation is 2. The Bertz CT molecular complexity index is 1190. The van der Waals surface area contributed by atoms with Gasteiger partial charge in [-0.05, 0) is 61.2 Å². The van der Waals surface area contributed by atoms with E-state index >= 15 is 0 Å². The Balaban J connectivity index is 1.50. The summed E-state index contributed by atoms with van der Waals surface area (Å²) in [5, 5.41) is 12.5. The largest absolute Gasteiger partial charge is 0.355 e. The third-order valence-corrected chi connectivity index (χ3v) is 6.16. The van der Waals surface area contributed by atoms with Gasteiger partial charge in [0, 0.05) is 24.5 Å². The molecule has 1 amide bonds. The molecule has 0 saturated carbocycles. The summed E-state index contributed by atoms with van der Waals surface area (Å²) in [6, 6.07) is 20.2. The zero-order chi connectivity index (χ0) is 22.3. The fourth-order valence-electron chi connectivity index (χ4n) is 3.32. The fourth-order valence-corrected chi connectivity index (χ4v) is 4.10. The van der Waals surface area contributed by atoms with Crippen LogP contribution in [0.4, 0.5) is 0 Å². The molecule has 0 radical (unpaired) electrons. The number of pyridine rings is 1. The Kier molecular flexibility index (Phi) is 6.97. The minimum Gasteiger partial charge on any atom is -0.355 e. The second-order valence-electron chi connectivity index (χ2n) is 7.52. The molecule has 0 fully saturated rings. The molecule has 32 heavy (non-hydrogen) atoms. The zero-order valence-electron chi connectivity index (χ0n) is 18.2. The Morgan fingerprint density at radius 3 is 2.50 bits per heavy atom. The van der Waals surface area contributed by atoms with E-state index in [-0.39, 0.29) is 11.7 Å². The van der Waals surface area contributed by atoms with Crippen LogP contribution in [0.5, 0.6) is 0 Å². The van der Waals surface area contributed by atoms with Crippen LogP contribution in [-0.4, -0.2) is 38.0 Å². The van der Waals surface area contributed by atoms with E-state index in [1.165, 1.54) is 28.5 Å². The van der Waals surface area contributed by atoms with Crippen molar-refractivity contribution in [3.8, 4) is 17.1 Å². The normalized spacial score (nSPS) is 10.8. The molecule has 6 nitrogen and oxygen atoms in total. The van der Waals surface area contributed by atoms with Gasteiger partial charge in [-0.2, -0.15) is 0 Å². The van der Waals surface area contributed by atoms with Crippen molar-refractivity contribution in [2.75, 3.05) is 12.3 Å². The van der Waals surface area contributed by atoms with Gasteiger partial charge >= 0.3 is 0 Å². The van der Waals surface area contributed by atoms with Crippen molar-refractivity contribution in [1.82, 2.24) is 25.1 Å². The maximum atomic E-state index is 12.4. The minimum absolute atomic E-state index is 0.0222. The van der Waals surface area contributed by atoms with E-state index in [0.717, 1.165) is 23.5 Å². The molecule has 0 aliphatic rings. The maximum absolute atomic E-state index is 12.4. The number of carbonyl (C=O) groups excluding carboxylic acids is 1. The summed E-state index contributed by atoms with van der Waals surface area (Å²) in [5.74, 6) is 0.974. The summed E-state index contributed by atoms with van der Waals surface area (Å²) in [6.45, 7) is 4.78. The lowest BCUT2D eigenvalue weighted by molar-refractivity contribution is -0.118. The Hall–Kier alpha value is -3.45.